The second-order valence-electron chi connectivity index (χ2n) is 5.13. The molecule has 1 aliphatic rings. The van der Waals surface area contributed by atoms with Crippen LogP contribution in [0.4, 0.5) is 10.6 Å². The maximum absolute atomic E-state index is 12.1. The summed E-state index contributed by atoms with van der Waals surface area (Å²) in [6, 6.07) is 6.77. The monoisotopic (exact) mass is 300 g/mol. The van der Waals surface area contributed by atoms with E-state index >= 15 is 0 Å². The highest BCUT2D eigenvalue weighted by Gasteiger charge is 2.32. The third-order valence-corrected chi connectivity index (χ3v) is 3.57. The van der Waals surface area contributed by atoms with Gasteiger partial charge in [-0.25, -0.2) is 9.78 Å². The highest BCUT2D eigenvalue weighted by atomic mass is 16.5. The molecule has 0 saturated heterocycles. The van der Waals surface area contributed by atoms with E-state index in [1.165, 1.54) is 17.0 Å². The minimum Gasteiger partial charge on any atom is -0.488 e. The zero-order valence-electron chi connectivity index (χ0n) is 12.2. The number of carbonyl (C=O) groups excluding carboxylic acids is 1. The van der Waals surface area contributed by atoms with E-state index in [4.69, 9.17) is 4.74 Å². The number of ether oxygens (including phenoxy) is 1. The van der Waals surface area contributed by atoms with Crippen molar-refractivity contribution >= 4 is 11.8 Å². The third kappa shape index (κ3) is 2.52. The summed E-state index contributed by atoms with van der Waals surface area (Å²) in [7, 11) is 1.59. The Bertz CT molecular complexity index is 771. The highest BCUT2D eigenvalue weighted by molar-refractivity contribution is 5.88. The summed E-state index contributed by atoms with van der Waals surface area (Å²) in [6.07, 6.45) is 2.79. The Morgan fingerprint density at radius 1 is 1.36 bits per heavy atom. The predicted molar refractivity (Wildman–Crippen MR) is 80.9 cm³/mol. The van der Waals surface area contributed by atoms with Crippen LogP contribution >= 0.6 is 0 Å². The molecular formula is C15H16N4O3. The lowest BCUT2D eigenvalue weighted by Gasteiger charge is -2.17. The summed E-state index contributed by atoms with van der Waals surface area (Å²) < 4.78 is 7.04. The molecule has 2 N–H and O–H groups in total. The van der Waals surface area contributed by atoms with Crippen LogP contribution in [-0.2, 0) is 7.05 Å². The molecule has 1 aromatic heterocycles. The van der Waals surface area contributed by atoms with Gasteiger partial charge < -0.3 is 14.6 Å². The number of urea groups is 1. The quantitative estimate of drug-likeness (QED) is 0.878. The first-order chi connectivity index (χ1) is 10.6. The van der Waals surface area contributed by atoms with Crippen LogP contribution in [0.25, 0.3) is 0 Å². The standard InChI is InChI=1S/C15H16N4O3/c1-9-12(10-5-3-4-6-11(10)22-9)17-15(21)18-13-14(20)19(2)8-7-16-13/h3-9,12H,1-2H3,(H2,16,17,18,21). The van der Waals surface area contributed by atoms with Crippen molar-refractivity contribution in [3.63, 3.8) is 0 Å². The number of nitrogens with one attached hydrogen (secondary N) is 2. The Balaban J connectivity index is 1.75. The number of hydrogen-bond donors (Lipinski definition) is 2. The molecule has 2 amide bonds. The summed E-state index contributed by atoms with van der Waals surface area (Å²) in [5.74, 6) is 0.747. The number of carbonyl (C=O) groups is 1. The number of aryl methyl sites for hydroxylation is 1. The topological polar surface area (TPSA) is 85.2 Å². The Morgan fingerprint density at radius 3 is 2.95 bits per heavy atom. The van der Waals surface area contributed by atoms with Gasteiger partial charge in [0, 0.05) is 25.0 Å². The lowest BCUT2D eigenvalue weighted by atomic mass is 10.1. The minimum absolute atomic E-state index is 0.0117. The van der Waals surface area contributed by atoms with E-state index in [-0.39, 0.29) is 23.5 Å². The fourth-order valence-electron chi connectivity index (χ4n) is 2.43. The summed E-state index contributed by atoms with van der Waals surface area (Å²) in [4.78, 5) is 27.8. The number of hydrogen-bond acceptors (Lipinski definition) is 4. The van der Waals surface area contributed by atoms with E-state index in [0.29, 0.717) is 0 Å². The van der Waals surface area contributed by atoms with Crippen LogP contribution in [0, 0.1) is 0 Å². The van der Waals surface area contributed by atoms with Crippen LogP contribution in [0.3, 0.4) is 0 Å². The number of aromatic nitrogens is 2. The van der Waals surface area contributed by atoms with E-state index in [1.54, 1.807) is 7.05 Å². The summed E-state index contributed by atoms with van der Waals surface area (Å²) in [5, 5.41) is 5.30. The van der Waals surface area contributed by atoms with E-state index < -0.39 is 6.03 Å². The molecule has 0 bridgehead atoms. The fourth-order valence-corrected chi connectivity index (χ4v) is 2.43. The van der Waals surface area contributed by atoms with Gasteiger partial charge in [-0.15, -0.1) is 0 Å². The van der Waals surface area contributed by atoms with Crippen molar-refractivity contribution in [3.05, 3.63) is 52.6 Å². The molecule has 2 unspecified atom stereocenters. The van der Waals surface area contributed by atoms with Crippen molar-refractivity contribution in [2.45, 2.75) is 19.1 Å². The number of nitrogens with zero attached hydrogens (tertiary/aromatic N) is 2. The van der Waals surface area contributed by atoms with Crippen molar-refractivity contribution in [1.29, 1.82) is 0 Å². The van der Waals surface area contributed by atoms with Crippen LogP contribution in [0.1, 0.15) is 18.5 Å². The summed E-state index contributed by atoms with van der Waals surface area (Å²) >= 11 is 0. The SMILES string of the molecule is CC1Oc2ccccc2C1NC(=O)Nc1nccn(C)c1=O. The maximum atomic E-state index is 12.1. The van der Waals surface area contributed by atoms with Gasteiger partial charge >= 0.3 is 6.03 Å². The van der Waals surface area contributed by atoms with Gasteiger partial charge in [0.1, 0.15) is 11.9 Å². The first-order valence-electron chi connectivity index (χ1n) is 6.91. The van der Waals surface area contributed by atoms with Crippen molar-refractivity contribution in [1.82, 2.24) is 14.9 Å². The third-order valence-electron chi connectivity index (χ3n) is 3.57. The molecule has 7 nitrogen and oxygen atoms in total. The van der Waals surface area contributed by atoms with Gasteiger partial charge in [0.05, 0.1) is 6.04 Å². The van der Waals surface area contributed by atoms with E-state index in [0.717, 1.165) is 11.3 Å². The number of para-hydroxylation sites is 1. The zero-order valence-corrected chi connectivity index (χ0v) is 12.2. The molecule has 0 saturated carbocycles. The summed E-state index contributed by atoms with van der Waals surface area (Å²) in [5.41, 5.74) is 0.549. The maximum Gasteiger partial charge on any atom is 0.321 e. The molecular weight excluding hydrogens is 284 g/mol. The van der Waals surface area contributed by atoms with Gasteiger partial charge in [-0.1, -0.05) is 18.2 Å². The lowest BCUT2D eigenvalue weighted by Crippen LogP contribution is -2.38. The fraction of sp³-hybridized carbons (Fsp3) is 0.267. The van der Waals surface area contributed by atoms with Gasteiger partial charge in [0.15, 0.2) is 0 Å². The van der Waals surface area contributed by atoms with Crippen LogP contribution in [-0.4, -0.2) is 21.7 Å². The van der Waals surface area contributed by atoms with Gasteiger partial charge in [0.2, 0.25) is 5.82 Å². The van der Waals surface area contributed by atoms with Crippen molar-refractivity contribution in [2.75, 3.05) is 5.32 Å². The summed E-state index contributed by atoms with van der Waals surface area (Å²) in [6.45, 7) is 1.88. The average molecular weight is 300 g/mol. The molecule has 0 fully saturated rings. The Morgan fingerprint density at radius 2 is 2.14 bits per heavy atom. The molecule has 2 atom stereocenters. The average Bonchev–Trinajstić information content (AvgIpc) is 2.80. The van der Waals surface area contributed by atoms with Crippen LogP contribution < -0.4 is 20.9 Å². The smallest absolute Gasteiger partial charge is 0.321 e. The van der Waals surface area contributed by atoms with Crippen LogP contribution in [0.5, 0.6) is 5.75 Å². The molecule has 7 heteroatoms. The van der Waals surface area contributed by atoms with E-state index in [9.17, 15) is 9.59 Å². The van der Waals surface area contributed by atoms with Crippen LogP contribution in [0.15, 0.2) is 41.5 Å². The second-order valence-corrected chi connectivity index (χ2v) is 5.13. The van der Waals surface area contributed by atoms with E-state index in [1.807, 2.05) is 31.2 Å². The molecule has 2 heterocycles. The number of rotatable bonds is 2. The number of anilines is 1. The number of benzene rings is 1. The normalized spacial score (nSPS) is 19.2. The predicted octanol–water partition coefficient (Wildman–Crippen LogP) is 1.42. The minimum atomic E-state index is -0.493. The number of amides is 2. The molecule has 1 aromatic carbocycles. The Kier molecular flexibility index (Phi) is 3.54. The first-order valence-corrected chi connectivity index (χ1v) is 6.91. The molecule has 0 radical (unpaired) electrons. The Labute approximate surface area is 126 Å². The molecule has 0 aliphatic carbocycles. The Hall–Kier alpha value is -2.83. The first kappa shape index (κ1) is 14.1. The molecule has 22 heavy (non-hydrogen) atoms. The zero-order chi connectivity index (χ0) is 15.7. The molecule has 2 aromatic rings. The van der Waals surface area contributed by atoms with Gasteiger partial charge in [-0.05, 0) is 13.0 Å². The van der Waals surface area contributed by atoms with Gasteiger partial charge in [-0.3, -0.25) is 10.1 Å². The van der Waals surface area contributed by atoms with E-state index in [2.05, 4.69) is 15.6 Å². The second kappa shape index (κ2) is 5.51. The van der Waals surface area contributed by atoms with Crippen LogP contribution in [0.2, 0.25) is 0 Å². The van der Waals surface area contributed by atoms with Crippen molar-refractivity contribution < 1.29 is 9.53 Å². The van der Waals surface area contributed by atoms with Crippen molar-refractivity contribution in [2.24, 2.45) is 7.05 Å². The molecule has 0 spiro atoms. The molecule has 1 aliphatic heterocycles. The molecule has 114 valence electrons. The highest BCUT2D eigenvalue weighted by Crippen LogP contribution is 2.35. The van der Waals surface area contributed by atoms with Crippen molar-refractivity contribution in [3.8, 4) is 5.75 Å². The number of fused-ring (bicyclic) bond motifs is 1. The lowest BCUT2D eigenvalue weighted by molar-refractivity contribution is 0.204. The van der Waals surface area contributed by atoms with Gasteiger partial charge in [0.25, 0.3) is 5.56 Å². The molecule has 3 rings (SSSR count). The largest absolute Gasteiger partial charge is 0.488 e. The van der Waals surface area contributed by atoms with Gasteiger partial charge in [-0.2, -0.15) is 0 Å².